The highest BCUT2D eigenvalue weighted by atomic mass is 16.5. The molecule has 0 aromatic rings. The van der Waals surface area contributed by atoms with Gasteiger partial charge in [-0.2, -0.15) is 0 Å². The van der Waals surface area contributed by atoms with Crippen molar-refractivity contribution in [3.8, 4) is 0 Å². The van der Waals surface area contributed by atoms with E-state index in [4.69, 9.17) is 20.4 Å². The van der Waals surface area contributed by atoms with E-state index in [1.807, 2.05) is 6.92 Å². The largest absolute Gasteiger partial charge is 0.393 e. The lowest BCUT2D eigenvalue weighted by Gasteiger charge is -2.17. The molecule has 0 aliphatic heterocycles. The maximum Gasteiger partial charge on any atom is 0.151 e. The Morgan fingerprint density at radius 1 is 1.14 bits per heavy atom. The fourth-order valence-corrected chi connectivity index (χ4v) is 0.981. The molecular formula is C10H24O4. The molecule has 0 spiro atoms. The third-order valence-electron chi connectivity index (χ3n) is 1.34. The molecular weight excluding hydrogens is 184 g/mol. The lowest BCUT2D eigenvalue weighted by Crippen LogP contribution is -2.24. The van der Waals surface area contributed by atoms with Crippen molar-refractivity contribution in [3.05, 3.63) is 0 Å². The van der Waals surface area contributed by atoms with E-state index in [0.29, 0.717) is 12.8 Å². The standard InChI is InChI=1S/C6H14O2.C4H10O2/c1-5(7)4-6(2,3)8;1-2-3-4(5)6/h5,7-8H,4H2,1-3H3;4-6H,2-3H2,1H3. The molecule has 0 aromatic heterocycles. The van der Waals surface area contributed by atoms with Crippen molar-refractivity contribution in [1.82, 2.24) is 0 Å². The Bertz CT molecular complexity index is 116. The molecule has 0 amide bonds. The van der Waals surface area contributed by atoms with Crippen LogP contribution in [0.4, 0.5) is 0 Å². The van der Waals surface area contributed by atoms with Crippen molar-refractivity contribution in [2.75, 3.05) is 0 Å². The van der Waals surface area contributed by atoms with Crippen LogP contribution in [0.25, 0.3) is 0 Å². The first-order valence-electron chi connectivity index (χ1n) is 4.95. The Morgan fingerprint density at radius 3 is 1.57 bits per heavy atom. The van der Waals surface area contributed by atoms with Crippen LogP contribution in [0.5, 0.6) is 0 Å². The van der Waals surface area contributed by atoms with Gasteiger partial charge in [-0.3, -0.25) is 0 Å². The zero-order chi connectivity index (χ0) is 11.8. The van der Waals surface area contributed by atoms with E-state index in [1.165, 1.54) is 0 Å². The topological polar surface area (TPSA) is 80.9 Å². The van der Waals surface area contributed by atoms with Crippen molar-refractivity contribution in [1.29, 1.82) is 0 Å². The number of rotatable bonds is 4. The van der Waals surface area contributed by atoms with Crippen LogP contribution >= 0.6 is 0 Å². The second-order valence-electron chi connectivity index (χ2n) is 4.13. The van der Waals surface area contributed by atoms with Gasteiger partial charge in [-0.15, -0.1) is 0 Å². The molecule has 14 heavy (non-hydrogen) atoms. The van der Waals surface area contributed by atoms with Crippen molar-refractivity contribution in [2.24, 2.45) is 0 Å². The summed E-state index contributed by atoms with van der Waals surface area (Å²) in [5.41, 5.74) is -0.728. The van der Waals surface area contributed by atoms with Gasteiger partial charge in [0.1, 0.15) is 0 Å². The highest BCUT2D eigenvalue weighted by Crippen LogP contribution is 2.09. The van der Waals surface area contributed by atoms with E-state index in [1.54, 1.807) is 20.8 Å². The number of hydrogen-bond donors (Lipinski definition) is 4. The van der Waals surface area contributed by atoms with Gasteiger partial charge in [0.25, 0.3) is 0 Å². The third kappa shape index (κ3) is 22.6. The zero-order valence-electron chi connectivity index (χ0n) is 9.56. The second-order valence-corrected chi connectivity index (χ2v) is 4.13. The summed E-state index contributed by atoms with van der Waals surface area (Å²) in [6.45, 7) is 6.93. The molecule has 88 valence electrons. The van der Waals surface area contributed by atoms with Gasteiger partial charge in [-0.1, -0.05) is 13.3 Å². The summed E-state index contributed by atoms with van der Waals surface area (Å²) in [4.78, 5) is 0. The SMILES string of the molecule is CC(O)CC(C)(C)O.CCCC(O)O. The maximum atomic E-state index is 9.03. The monoisotopic (exact) mass is 208 g/mol. The van der Waals surface area contributed by atoms with Crippen molar-refractivity contribution in [3.63, 3.8) is 0 Å². The molecule has 0 aliphatic rings. The first kappa shape index (κ1) is 16.3. The molecule has 0 rings (SSSR count). The number of aliphatic hydroxyl groups excluding tert-OH is 2. The Balaban J connectivity index is 0. The van der Waals surface area contributed by atoms with Crippen LogP contribution in [0.3, 0.4) is 0 Å². The van der Waals surface area contributed by atoms with Gasteiger partial charge < -0.3 is 20.4 Å². The van der Waals surface area contributed by atoms with E-state index >= 15 is 0 Å². The van der Waals surface area contributed by atoms with Gasteiger partial charge in [0, 0.05) is 6.42 Å². The predicted octanol–water partition coefficient (Wildman–Crippen LogP) is 0.625. The highest BCUT2D eigenvalue weighted by Gasteiger charge is 2.14. The van der Waals surface area contributed by atoms with Crippen LogP contribution in [0, 0.1) is 0 Å². The molecule has 0 saturated heterocycles. The van der Waals surface area contributed by atoms with Gasteiger partial charge in [0.15, 0.2) is 6.29 Å². The molecule has 0 aromatic carbocycles. The van der Waals surface area contributed by atoms with Gasteiger partial charge in [0.2, 0.25) is 0 Å². The lowest BCUT2D eigenvalue weighted by atomic mass is 10.0. The first-order chi connectivity index (χ1) is 6.19. The number of hydrogen-bond acceptors (Lipinski definition) is 4. The Hall–Kier alpha value is -0.160. The van der Waals surface area contributed by atoms with Gasteiger partial charge in [-0.05, 0) is 27.2 Å². The molecule has 0 fully saturated rings. The summed E-state index contributed by atoms with van der Waals surface area (Å²) < 4.78 is 0. The van der Waals surface area contributed by atoms with Gasteiger partial charge >= 0.3 is 0 Å². The van der Waals surface area contributed by atoms with Crippen LogP contribution in [0.2, 0.25) is 0 Å². The summed E-state index contributed by atoms with van der Waals surface area (Å²) in [6, 6.07) is 0. The molecule has 4 heteroatoms. The first-order valence-corrected chi connectivity index (χ1v) is 4.95. The summed E-state index contributed by atoms with van der Waals surface area (Å²) in [5.74, 6) is 0. The molecule has 0 radical (unpaired) electrons. The smallest absolute Gasteiger partial charge is 0.151 e. The van der Waals surface area contributed by atoms with Gasteiger partial charge in [0.05, 0.1) is 11.7 Å². The molecule has 1 unspecified atom stereocenters. The quantitative estimate of drug-likeness (QED) is 0.511. The maximum absolute atomic E-state index is 9.03. The van der Waals surface area contributed by atoms with Crippen LogP contribution < -0.4 is 0 Å². The van der Waals surface area contributed by atoms with E-state index < -0.39 is 18.0 Å². The van der Waals surface area contributed by atoms with Crippen LogP contribution in [-0.4, -0.2) is 38.4 Å². The molecule has 0 saturated carbocycles. The van der Waals surface area contributed by atoms with E-state index in [-0.39, 0.29) is 0 Å². The lowest BCUT2D eigenvalue weighted by molar-refractivity contribution is -0.0453. The Kier molecular flexibility index (Phi) is 9.50. The molecule has 0 heterocycles. The van der Waals surface area contributed by atoms with E-state index in [0.717, 1.165) is 6.42 Å². The summed E-state index contributed by atoms with van der Waals surface area (Å²) in [6.07, 6.45) is 0.245. The minimum Gasteiger partial charge on any atom is -0.393 e. The number of aliphatic hydroxyl groups is 4. The van der Waals surface area contributed by atoms with E-state index in [2.05, 4.69) is 0 Å². The second kappa shape index (κ2) is 8.17. The Morgan fingerprint density at radius 2 is 1.57 bits per heavy atom. The van der Waals surface area contributed by atoms with Crippen molar-refractivity contribution in [2.45, 2.75) is 65.0 Å². The molecule has 4 nitrogen and oxygen atoms in total. The zero-order valence-corrected chi connectivity index (χ0v) is 9.56. The highest BCUT2D eigenvalue weighted by molar-refractivity contribution is 4.67. The molecule has 0 bridgehead atoms. The minimum absolute atomic E-state index is 0.407. The average Bonchev–Trinajstić information content (AvgIpc) is 1.80. The van der Waals surface area contributed by atoms with Crippen LogP contribution in [0.15, 0.2) is 0 Å². The van der Waals surface area contributed by atoms with Crippen molar-refractivity contribution < 1.29 is 20.4 Å². The minimum atomic E-state index is -1.10. The Labute approximate surface area is 86.2 Å². The molecule has 0 aliphatic carbocycles. The summed E-state index contributed by atoms with van der Waals surface area (Å²) >= 11 is 0. The average molecular weight is 208 g/mol. The summed E-state index contributed by atoms with van der Waals surface area (Å²) in [7, 11) is 0. The molecule has 1 atom stereocenters. The van der Waals surface area contributed by atoms with Crippen LogP contribution in [0.1, 0.15) is 47.0 Å². The predicted molar refractivity (Wildman–Crippen MR) is 55.7 cm³/mol. The van der Waals surface area contributed by atoms with Crippen molar-refractivity contribution >= 4 is 0 Å². The van der Waals surface area contributed by atoms with Gasteiger partial charge in [-0.25, -0.2) is 0 Å². The summed E-state index contributed by atoms with van der Waals surface area (Å²) in [5, 5.41) is 34.0. The van der Waals surface area contributed by atoms with Crippen LogP contribution in [-0.2, 0) is 0 Å². The third-order valence-corrected chi connectivity index (χ3v) is 1.34. The molecule has 4 N–H and O–H groups in total. The fraction of sp³-hybridized carbons (Fsp3) is 1.00. The van der Waals surface area contributed by atoms with E-state index in [9.17, 15) is 0 Å². The fourth-order valence-electron chi connectivity index (χ4n) is 0.981. The normalized spacial score (nSPS) is 13.5.